The number of esters is 1. The van der Waals surface area contributed by atoms with Crippen molar-refractivity contribution in [3.63, 3.8) is 0 Å². The quantitative estimate of drug-likeness (QED) is 0.527. The highest BCUT2D eigenvalue weighted by molar-refractivity contribution is 5.84. The molecular formula is C15H15NO4. The molecule has 1 aromatic heterocycles. The molecule has 1 N–H and O–H groups in total. The van der Waals surface area contributed by atoms with Crippen molar-refractivity contribution < 1.29 is 13.9 Å². The highest BCUT2D eigenvalue weighted by Gasteiger charge is 2.01. The van der Waals surface area contributed by atoms with E-state index in [9.17, 15) is 9.59 Å². The van der Waals surface area contributed by atoms with E-state index in [0.717, 1.165) is 11.1 Å². The molecular weight excluding hydrogens is 258 g/mol. The SMILES string of the molecule is CCOC(=O)/C=C(\C)Nc1ccc2oc(=O)ccc2c1. The van der Waals surface area contributed by atoms with Crippen LogP contribution < -0.4 is 10.9 Å². The molecule has 5 heteroatoms. The van der Waals surface area contributed by atoms with Crippen LogP contribution in [-0.4, -0.2) is 12.6 Å². The van der Waals surface area contributed by atoms with Gasteiger partial charge in [0.15, 0.2) is 0 Å². The molecule has 20 heavy (non-hydrogen) atoms. The molecule has 0 bridgehead atoms. The van der Waals surface area contributed by atoms with Crippen molar-refractivity contribution in [1.29, 1.82) is 0 Å². The molecule has 1 aromatic carbocycles. The van der Waals surface area contributed by atoms with Gasteiger partial charge in [0.1, 0.15) is 5.58 Å². The Morgan fingerprint density at radius 3 is 2.90 bits per heavy atom. The van der Waals surface area contributed by atoms with Crippen LogP contribution >= 0.6 is 0 Å². The summed E-state index contributed by atoms with van der Waals surface area (Å²) >= 11 is 0. The van der Waals surface area contributed by atoms with Gasteiger partial charge in [-0.3, -0.25) is 0 Å². The van der Waals surface area contributed by atoms with Gasteiger partial charge in [-0.1, -0.05) is 0 Å². The maximum Gasteiger partial charge on any atom is 0.336 e. The molecule has 2 aromatic rings. The Labute approximate surface area is 115 Å². The summed E-state index contributed by atoms with van der Waals surface area (Å²) in [6, 6.07) is 8.37. The van der Waals surface area contributed by atoms with Crippen molar-refractivity contribution in [3.8, 4) is 0 Å². The normalized spacial score (nSPS) is 11.4. The Kier molecular flexibility index (Phi) is 4.20. The van der Waals surface area contributed by atoms with Gasteiger partial charge >= 0.3 is 11.6 Å². The van der Waals surface area contributed by atoms with Crippen LogP contribution in [0.15, 0.2) is 51.3 Å². The van der Waals surface area contributed by atoms with Crippen LogP contribution in [0.1, 0.15) is 13.8 Å². The van der Waals surface area contributed by atoms with Gasteiger partial charge in [0.05, 0.1) is 6.61 Å². The fourth-order valence-corrected chi connectivity index (χ4v) is 1.77. The van der Waals surface area contributed by atoms with E-state index in [0.29, 0.717) is 17.9 Å². The zero-order valence-corrected chi connectivity index (χ0v) is 11.3. The summed E-state index contributed by atoms with van der Waals surface area (Å²) in [4.78, 5) is 22.4. The molecule has 0 radical (unpaired) electrons. The number of ether oxygens (including phenoxy) is 1. The molecule has 0 amide bonds. The molecule has 0 saturated heterocycles. The molecule has 104 valence electrons. The van der Waals surface area contributed by atoms with Crippen LogP contribution in [0, 0.1) is 0 Å². The maximum atomic E-state index is 11.3. The molecule has 0 fully saturated rings. The first-order valence-corrected chi connectivity index (χ1v) is 6.24. The first kappa shape index (κ1) is 13.9. The van der Waals surface area contributed by atoms with Gasteiger partial charge in [-0.05, 0) is 38.1 Å². The minimum Gasteiger partial charge on any atom is -0.463 e. The van der Waals surface area contributed by atoms with Crippen LogP contribution in [0.25, 0.3) is 11.0 Å². The first-order chi connectivity index (χ1) is 9.58. The van der Waals surface area contributed by atoms with Gasteiger partial charge in [0.25, 0.3) is 0 Å². The third-order valence-electron chi connectivity index (χ3n) is 2.58. The maximum absolute atomic E-state index is 11.3. The molecule has 0 aliphatic carbocycles. The van der Waals surface area contributed by atoms with E-state index in [2.05, 4.69) is 5.32 Å². The van der Waals surface area contributed by atoms with Gasteiger partial charge in [0.2, 0.25) is 0 Å². The van der Waals surface area contributed by atoms with Gasteiger partial charge < -0.3 is 14.5 Å². The zero-order chi connectivity index (χ0) is 14.5. The second-order valence-corrected chi connectivity index (χ2v) is 4.21. The van der Waals surface area contributed by atoms with E-state index in [4.69, 9.17) is 9.15 Å². The Hall–Kier alpha value is -2.56. The van der Waals surface area contributed by atoms with Gasteiger partial charge in [-0.15, -0.1) is 0 Å². The lowest BCUT2D eigenvalue weighted by atomic mass is 10.2. The lowest BCUT2D eigenvalue weighted by molar-refractivity contribution is -0.137. The minimum absolute atomic E-state index is 0.345. The van der Waals surface area contributed by atoms with E-state index < -0.39 is 0 Å². The van der Waals surface area contributed by atoms with E-state index in [-0.39, 0.29) is 11.6 Å². The Bertz CT molecular complexity index is 715. The molecule has 0 aliphatic rings. The van der Waals surface area contributed by atoms with E-state index >= 15 is 0 Å². The number of carbonyl (C=O) groups is 1. The van der Waals surface area contributed by atoms with Gasteiger partial charge in [-0.25, -0.2) is 9.59 Å². The minimum atomic E-state index is -0.385. The van der Waals surface area contributed by atoms with Crippen LogP contribution in [-0.2, 0) is 9.53 Å². The van der Waals surface area contributed by atoms with Crippen molar-refractivity contribution >= 4 is 22.6 Å². The number of carbonyl (C=O) groups excluding carboxylic acids is 1. The average molecular weight is 273 g/mol. The fourth-order valence-electron chi connectivity index (χ4n) is 1.77. The number of hydrogen-bond acceptors (Lipinski definition) is 5. The number of fused-ring (bicyclic) bond motifs is 1. The summed E-state index contributed by atoms with van der Waals surface area (Å²) in [6.45, 7) is 3.87. The first-order valence-electron chi connectivity index (χ1n) is 6.24. The number of allylic oxidation sites excluding steroid dienone is 1. The monoisotopic (exact) mass is 273 g/mol. The summed E-state index contributed by atoms with van der Waals surface area (Å²) in [7, 11) is 0. The van der Waals surface area contributed by atoms with Gasteiger partial charge in [0, 0.05) is 28.9 Å². The van der Waals surface area contributed by atoms with E-state index in [1.54, 1.807) is 32.0 Å². The Morgan fingerprint density at radius 1 is 1.35 bits per heavy atom. The Balaban J connectivity index is 2.19. The predicted molar refractivity (Wildman–Crippen MR) is 76.5 cm³/mol. The molecule has 5 nitrogen and oxygen atoms in total. The molecule has 0 aliphatic heterocycles. The van der Waals surface area contributed by atoms with Crippen LogP contribution in [0.4, 0.5) is 5.69 Å². The third kappa shape index (κ3) is 3.47. The molecule has 0 atom stereocenters. The smallest absolute Gasteiger partial charge is 0.336 e. The average Bonchev–Trinajstić information content (AvgIpc) is 2.39. The number of nitrogens with one attached hydrogen (secondary N) is 1. The third-order valence-corrected chi connectivity index (χ3v) is 2.58. The van der Waals surface area contributed by atoms with Crippen LogP contribution in [0.2, 0.25) is 0 Å². The topological polar surface area (TPSA) is 68.5 Å². The summed E-state index contributed by atoms with van der Waals surface area (Å²) in [5, 5.41) is 3.88. The number of hydrogen-bond donors (Lipinski definition) is 1. The molecule has 0 unspecified atom stereocenters. The Morgan fingerprint density at radius 2 is 2.15 bits per heavy atom. The summed E-state index contributed by atoms with van der Waals surface area (Å²) < 4.78 is 9.87. The van der Waals surface area contributed by atoms with Crippen LogP contribution in [0.3, 0.4) is 0 Å². The number of anilines is 1. The predicted octanol–water partition coefficient (Wildman–Crippen LogP) is 2.67. The van der Waals surface area contributed by atoms with Crippen molar-refractivity contribution in [2.75, 3.05) is 11.9 Å². The summed E-state index contributed by atoms with van der Waals surface area (Å²) in [5.41, 5.74) is 1.61. The highest BCUT2D eigenvalue weighted by Crippen LogP contribution is 2.18. The standard InChI is InChI=1S/C15H15NO4/c1-3-19-15(18)8-10(2)16-12-5-6-13-11(9-12)4-7-14(17)20-13/h4-9,16H,3H2,1-2H3/b10-8+. The zero-order valence-electron chi connectivity index (χ0n) is 11.3. The molecule has 1 heterocycles. The van der Waals surface area contributed by atoms with E-state index in [1.165, 1.54) is 12.1 Å². The lowest BCUT2D eigenvalue weighted by Crippen LogP contribution is -2.04. The molecule has 0 saturated carbocycles. The second kappa shape index (κ2) is 6.06. The second-order valence-electron chi connectivity index (χ2n) is 4.21. The summed E-state index contributed by atoms with van der Waals surface area (Å²) in [6.07, 6.45) is 1.39. The largest absolute Gasteiger partial charge is 0.463 e. The van der Waals surface area contributed by atoms with Crippen LogP contribution in [0.5, 0.6) is 0 Å². The van der Waals surface area contributed by atoms with Gasteiger partial charge in [-0.2, -0.15) is 0 Å². The molecule has 0 spiro atoms. The van der Waals surface area contributed by atoms with E-state index in [1.807, 2.05) is 6.07 Å². The lowest BCUT2D eigenvalue weighted by Gasteiger charge is -2.07. The number of benzene rings is 1. The summed E-state index contributed by atoms with van der Waals surface area (Å²) in [5.74, 6) is -0.385. The van der Waals surface area contributed by atoms with Crippen molar-refractivity contribution in [2.24, 2.45) is 0 Å². The van der Waals surface area contributed by atoms with Crippen molar-refractivity contribution in [1.82, 2.24) is 0 Å². The fraction of sp³-hybridized carbons (Fsp3) is 0.200. The molecule has 2 rings (SSSR count). The highest BCUT2D eigenvalue weighted by atomic mass is 16.5. The van der Waals surface area contributed by atoms with Crippen molar-refractivity contribution in [3.05, 3.63) is 52.5 Å². The van der Waals surface area contributed by atoms with Crippen molar-refractivity contribution in [2.45, 2.75) is 13.8 Å². The number of rotatable bonds is 4.